The smallest absolute Gasteiger partial charge is 0.416 e. The number of nitrogens with zero attached hydrogens (tertiary/aromatic N) is 2. The summed E-state index contributed by atoms with van der Waals surface area (Å²) in [7, 11) is 0. The lowest BCUT2D eigenvalue weighted by atomic mass is 10.1. The van der Waals surface area contributed by atoms with E-state index in [0.717, 1.165) is 55.5 Å². The third-order valence-electron chi connectivity index (χ3n) is 4.77. The van der Waals surface area contributed by atoms with Gasteiger partial charge in [-0.2, -0.15) is 36.9 Å². The molecule has 0 aliphatic rings. The zero-order valence-corrected chi connectivity index (χ0v) is 21.0. The quantitative estimate of drug-likeness (QED) is 0.0929. The summed E-state index contributed by atoms with van der Waals surface area (Å²) in [6.07, 6.45) is -3.82. The number of carbonyl (C=O) groups is 2. The second-order valence-corrected chi connectivity index (χ2v) is 7.77. The standard InChI is InChI=1S/C15H11F3N2O2.C12H9F3N2O2.CH4/c1-2-3-4-13(21)12(9-19)14(22)20-11-7-5-10(6-8-11)15(16,17)18;1-7(18)10(6-16)11(19)17-9-4-2-8(3-5-9)12(13,14)15;/h1,5-8,21H,3-4H2,(H,20,22);2-5,18H,1H3,(H,17,19);1H4/b13-12-;10-7-;. The van der Waals surface area contributed by atoms with Crippen molar-refractivity contribution in [3.05, 3.63) is 82.3 Å². The molecule has 2 aromatic rings. The van der Waals surface area contributed by atoms with Crippen molar-refractivity contribution in [3.63, 3.8) is 0 Å². The number of nitrogens with one attached hydrogen (secondary N) is 2. The molecular formula is C28H24F6N4O4. The number of allylic oxidation sites excluding steroid dienone is 2. The molecule has 8 nitrogen and oxygen atoms in total. The third kappa shape index (κ3) is 11.4. The number of anilines is 2. The molecule has 0 aromatic heterocycles. The van der Waals surface area contributed by atoms with E-state index in [-0.39, 0.29) is 31.6 Å². The molecule has 14 heteroatoms. The molecule has 0 bridgehead atoms. The molecule has 2 aromatic carbocycles. The zero-order valence-electron chi connectivity index (χ0n) is 21.0. The first-order valence-electron chi connectivity index (χ1n) is 11.1. The van der Waals surface area contributed by atoms with Crippen LogP contribution in [0.1, 0.15) is 38.3 Å². The van der Waals surface area contributed by atoms with Crippen molar-refractivity contribution in [3.8, 4) is 24.5 Å². The summed E-state index contributed by atoms with van der Waals surface area (Å²) in [4.78, 5) is 23.3. The molecule has 2 amide bonds. The first-order chi connectivity index (χ1) is 19.0. The summed E-state index contributed by atoms with van der Waals surface area (Å²) < 4.78 is 74.1. The maximum atomic E-state index is 12.4. The summed E-state index contributed by atoms with van der Waals surface area (Å²) in [5, 5.41) is 40.6. The SMILES string of the molecule is C.C#CCC/C(O)=C(\C#N)C(=O)Nc1ccc(C(F)(F)F)cc1.C/C(O)=C(\C#N)C(=O)Nc1ccc(C(F)(F)F)cc1. The highest BCUT2D eigenvalue weighted by Crippen LogP contribution is 2.31. The predicted octanol–water partition coefficient (Wildman–Crippen LogP) is 7.03. The summed E-state index contributed by atoms with van der Waals surface area (Å²) in [5.74, 6) is -0.495. The van der Waals surface area contributed by atoms with Gasteiger partial charge in [0.1, 0.15) is 23.7 Å². The lowest BCUT2D eigenvalue weighted by molar-refractivity contribution is -0.138. The van der Waals surface area contributed by atoms with Crippen LogP contribution in [0.5, 0.6) is 0 Å². The normalized spacial score (nSPS) is 11.8. The number of hydrogen-bond acceptors (Lipinski definition) is 6. The number of aliphatic hydroxyl groups is 2. The lowest BCUT2D eigenvalue weighted by Gasteiger charge is -2.09. The molecule has 42 heavy (non-hydrogen) atoms. The molecule has 2 rings (SSSR count). The van der Waals surface area contributed by atoms with E-state index >= 15 is 0 Å². The van der Waals surface area contributed by atoms with Crippen LogP contribution in [0, 0.1) is 35.0 Å². The highest BCUT2D eigenvalue weighted by molar-refractivity contribution is 6.07. The molecule has 0 radical (unpaired) electrons. The third-order valence-corrected chi connectivity index (χ3v) is 4.77. The van der Waals surface area contributed by atoms with Gasteiger partial charge in [0.05, 0.1) is 11.1 Å². The van der Waals surface area contributed by atoms with Gasteiger partial charge in [0.15, 0.2) is 11.1 Å². The Hall–Kier alpha value is -5.42. The topological polar surface area (TPSA) is 146 Å². The molecular weight excluding hydrogens is 570 g/mol. The number of amides is 2. The maximum absolute atomic E-state index is 12.4. The molecule has 0 spiro atoms. The fraction of sp³-hybridized carbons (Fsp3) is 0.214. The summed E-state index contributed by atoms with van der Waals surface area (Å²) in [6, 6.07) is 10.4. The number of benzene rings is 2. The van der Waals surface area contributed by atoms with Crippen molar-refractivity contribution >= 4 is 23.2 Å². The Bertz CT molecular complexity index is 1430. The van der Waals surface area contributed by atoms with Crippen LogP contribution < -0.4 is 10.6 Å². The first-order valence-corrected chi connectivity index (χ1v) is 11.1. The van der Waals surface area contributed by atoms with Crippen LogP contribution in [0.25, 0.3) is 0 Å². The number of terminal acetylenes is 1. The van der Waals surface area contributed by atoms with Crippen molar-refractivity contribution in [2.24, 2.45) is 0 Å². The number of nitriles is 2. The fourth-order valence-electron chi connectivity index (χ4n) is 2.73. The van der Waals surface area contributed by atoms with Crippen LogP contribution >= 0.6 is 0 Å². The first kappa shape index (κ1) is 36.6. The molecule has 0 aliphatic heterocycles. The van der Waals surface area contributed by atoms with Crippen molar-refractivity contribution in [2.45, 2.75) is 39.5 Å². The number of alkyl halides is 6. The molecule has 0 saturated carbocycles. The van der Waals surface area contributed by atoms with Crippen LogP contribution in [0.15, 0.2) is 71.2 Å². The van der Waals surface area contributed by atoms with Crippen LogP contribution in [-0.2, 0) is 21.9 Å². The van der Waals surface area contributed by atoms with Crippen molar-refractivity contribution < 1.29 is 46.1 Å². The summed E-state index contributed by atoms with van der Waals surface area (Å²) in [5.41, 5.74) is -2.59. The molecule has 0 fully saturated rings. The summed E-state index contributed by atoms with van der Waals surface area (Å²) in [6.45, 7) is 1.16. The minimum Gasteiger partial charge on any atom is -0.511 e. The van der Waals surface area contributed by atoms with Crippen molar-refractivity contribution in [1.29, 1.82) is 10.5 Å². The molecule has 4 N–H and O–H groups in total. The van der Waals surface area contributed by atoms with Gasteiger partial charge >= 0.3 is 12.4 Å². The lowest BCUT2D eigenvalue weighted by Crippen LogP contribution is -2.15. The Morgan fingerprint density at radius 3 is 1.43 bits per heavy atom. The monoisotopic (exact) mass is 594 g/mol. The van der Waals surface area contributed by atoms with Gasteiger partial charge in [-0.25, -0.2) is 0 Å². The van der Waals surface area contributed by atoms with E-state index in [1.54, 1.807) is 0 Å². The highest BCUT2D eigenvalue weighted by atomic mass is 19.4. The predicted molar refractivity (Wildman–Crippen MR) is 141 cm³/mol. The Morgan fingerprint density at radius 1 is 0.786 bits per heavy atom. The molecule has 0 saturated heterocycles. The minimum absolute atomic E-state index is 0. The number of rotatable bonds is 6. The van der Waals surface area contributed by atoms with Gasteiger partial charge in [-0.15, -0.1) is 12.3 Å². The van der Waals surface area contributed by atoms with E-state index in [1.165, 1.54) is 12.1 Å². The van der Waals surface area contributed by atoms with E-state index in [9.17, 15) is 41.0 Å². The van der Waals surface area contributed by atoms with E-state index in [4.69, 9.17) is 22.1 Å². The Kier molecular flexibility index (Phi) is 13.9. The van der Waals surface area contributed by atoms with Crippen LogP contribution in [0.4, 0.5) is 37.7 Å². The maximum Gasteiger partial charge on any atom is 0.416 e. The molecule has 0 atom stereocenters. The van der Waals surface area contributed by atoms with E-state index in [0.29, 0.717) is 0 Å². The van der Waals surface area contributed by atoms with Gasteiger partial charge < -0.3 is 20.8 Å². The Balaban J connectivity index is 0.000000790. The van der Waals surface area contributed by atoms with Gasteiger partial charge in [-0.1, -0.05) is 7.43 Å². The molecule has 0 aliphatic carbocycles. The highest BCUT2D eigenvalue weighted by Gasteiger charge is 2.31. The average Bonchev–Trinajstić information content (AvgIpc) is 2.88. The molecule has 0 unspecified atom stereocenters. The van der Waals surface area contributed by atoms with E-state index in [1.807, 2.05) is 0 Å². The van der Waals surface area contributed by atoms with E-state index < -0.39 is 58.0 Å². The Morgan fingerprint density at radius 2 is 1.14 bits per heavy atom. The van der Waals surface area contributed by atoms with Gasteiger partial charge in [0, 0.05) is 24.2 Å². The fourth-order valence-corrected chi connectivity index (χ4v) is 2.73. The average molecular weight is 595 g/mol. The van der Waals surface area contributed by atoms with Gasteiger partial charge in [-0.05, 0) is 55.5 Å². The van der Waals surface area contributed by atoms with Crippen molar-refractivity contribution in [1.82, 2.24) is 0 Å². The van der Waals surface area contributed by atoms with Gasteiger partial charge in [0.25, 0.3) is 11.8 Å². The minimum atomic E-state index is -4.48. The van der Waals surface area contributed by atoms with Gasteiger partial charge in [0.2, 0.25) is 0 Å². The Labute approximate surface area is 237 Å². The second-order valence-electron chi connectivity index (χ2n) is 7.77. The van der Waals surface area contributed by atoms with Gasteiger partial charge in [-0.3, -0.25) is 9.59 Å². The second kappa shape index (κ2) is 16.0. The van der Waals surface area contributed by atoms with Crippen molar-refractivity contribution in [2.75, 3.05) is 10.6 Å². The summed E-state index contributed by atoms with van der Waals surface area (Å²) >= 11 is 0. The largest absolute Gasteiger partial charge is 0.511 e. The number of carbonyl (C=O) groups excluding carboxylic acids is 2. The van der Waals surface area contributed by atoms with E-state index in [2.05, 4.69) is 16.6 Å². The molecule has 0 heterocycles. The zero-order chi connectivity index (χ0) is 31.4. The van der Waals surface area contributed by atoms with Crippen LogP contribution in [0.3, 0.4) is 0 Å². The number of hydrogen-bond donors (Lipinski definition) is 4. The number of halogens is 6. The number of aliphatic hydroxyl groups excluding tert-OH is 2. The van der Waals surface area contributed by atoms with Crippen LogP contribution in [-0.4, -0.2) is 22.0 Å². The van der Waals surface area contributed by atoms with Crippen LogP contribution in [0.2, 0.25) is 0 Å². The molecule has 222 valence electrons.